The van der Waals surface area contributed by atoms with E-state index in [1.807, 2.05) is 0 Å². The molecule has 8 nitrogen and oxygen atoms in total. The molecular formula is C18H19N3O5. The van der Waals surface area contributed by atoms with Gasteiger partial charge in [0.15, 0.2) is 11.5 Å². The number of methoxy groups -OCH3 is 1. The minimum Gasteiger partial charge on any atom is -0.491 e. The molecule has 1 fully saturated rings. The van der Waals surface area contributed by atoms with E-state index >= 15 is 0 Å². The average Bonchev–Trinajstić information content (AvgIpc) is 2.70. The monoisotopic (exact) mass is 357 g/mol. The first-order chi connectivity index (χ1) is 12.6. The summed E-state index contributed by atoms with van der Waals surface area (Å²) in [7, 11) is 1.18. The summed E-state index contributed by atoms with van der Waals surface area (Å²) in [4.78, 5) is 32.6. The Morgan fingerprint density at radius 3 is 2.58 bits per heavy atom. The first-order valence-corrected chi connectivity index (χ1v) is 8.30. The molecule has 1 atom stereocenters. The molecule has 0 radical (unpaired) electrons. The van der Waals surface area contributed by atoms with Crippen LogP contribution in [-0.2, 0) is 4.74 Å². The van der Waals surface area contributed by atoms with E-state index in [2.05, 4.69) is 15.3 Å². The number of benzene rings is 1. The van der Waals surface area contributed by atoms with E-state index < -0.39 is 23.6 Å². The summed E-state index contributed by atoms with van der Waals surface area (Å²) in [6.07, 6.45) is 2.81. The van der Waals surface area contributed by atoms with Crippen LogP contribution in [0.4, 0.5) is 0 Å². The lowest BCUT2D eigenvalue weighted by Gasteiger charge is -2.22. The molecule has 0 spiro atoms. The molecule has 1 aromatic heterocycles. The van der Waals surface area contributed by atoms with Gasteiger partial charge in [-0.1, -0.05) is 24.6 Å². The molecule has 3 rings (SSSR count). The van der Waals surface area contributed by atoms with Crippen molar-refractivity contribution in [2.24, 2.45) is 0 Å². The van der Waals surface area contributed by atoms with Crippen LogP contribution in [0.15, 0.2) is 30.3 Å². The predicted octanol–water partition coefficient (Wildman–Crippen LogP) is 2.00. The van der Waals surface area contributed by atoms with Crippen molar-refractivity contribution < 1.29 is 24.2 Å². The third-order valence-electron chi connectivity index (χ3n) is 4.07. The standard InChI is InChI=1S/C18H19N3O5/c1-25-18(24)13-14(26-17(23)11-7-3-2-4-8-11)16(22)21-15(20-13)12-9-5-6-10-19-12/h2-4,7-8,12,19H,5-6,9-10H2,1H3,(H,20,21,22). The summed E-state index contributed by atoms with van der Waals surface area (Å²) in [5.74, 6) is -2.28. The molecule has 1 unspecified atom stereocenters. The SMILES string of the molecule is COC(=O)c1nc(C2CCCCN2)nc(O)c1OC(=O)c1ccccc1. The largest absolute Gasteiger partial charge is 0.491 e. The molecule has 8 heteroatoms. The van der Waals surface area contributed by atoms with Crippen LogP contribution in [0.2, 0.25) is 0 Å². The van der Waals surface area contributed by atoms with Gasteiger partial charge >= 0.3 is 11.9 Å². The van der Waals surface area contributed by atoms with E-state index in [0.29, 0.717) is 0 Å². The van der Waals surface area contributed by atoms with Crippen LogP contribution >= 0.6 is 0 Å². The minimum absolute atomic E-state index is 0.183. The highest BCUT2D eigenvalue weighted by molar-refractivity contribution is 5.95. The number of aromatic hydroxyl groups is 1. The van der Waals surface area contributed by atoms with Crippen LogP contribution in [0.3, 0.4) is 0 Å². The summed E-state index contributed by atoms with van der Waals surface area (Å²) in [5, 5.41) is 13.5. The molecule has 26 heavy (non-hydrogen) atoms. The number of nitrogens with zero attached hydrogens (tertiary/aromatic N) is 2. The van der Waals surface area contributed by atoms with Gasteiger partial charge in [-0.25, -0.2) is 14.6 Å². The van der Waals surface area contributed by atoms with Crippen LogP contribution in [0.25, 0.3) is 0 Å². The number of piperidine rings is 1. The Hall–Kier alpha value is -3.00. The Morgan fingerprint density at radius 1 is 1.15 bits per heavy atom. The van der Waals surface area contributed by atoms with Crippen molar-refractivity contribution in [1.82, 2.24) is 15.3 Å². The normalized spacial score (nSPS) is 16.7. The van der Waals surface area contributed by atoms with Gasteiger partial charge in [-0.15, -0.1) is 0 Å². The number of esters is 2. The molecule has 0 saturated carbocycles. The van der Waals surface area contributed by atoms with E-state index in [-0.39, 0.29) is 23.1 Å². The quantitative estimate of drug-likeness (QED) is 0.800. The molecule has 136 valence electrons. The Labute approximate surface area is 150 Å². The molecule has 0 amide bonds. The molecule has 1 saturated heterocycles. The van der Waals surface area contributed by atoms with Crippen molar-refractivity contribution in [2.75, 3.05) is 13.7 Å². The van der Waals surface area contributed by atoms with E-state index in [4.69, 9.17) is 9.47 Å². The van der Waals surface area contributed by atoms with Gasteiger partial charge in [0.1, 0.15) is 0 Å². The zero-order chi connectivity index (χ0) is 18.5. The second-order valence-corrected chi connectivity index (χ2v) is 5.83. The zero-order valence-electron chi connectivity index (χ0n) is 14.3. The summed E-state index contributed by atoms with van der Waals surface area (Å²) in [5.41, 5.74) is -0.0209. The van der Waals surface area contributed by atoms with E-state index in [1.54, 1.807) is 30.3 Å². The van der Waals surface area contributed by atoms with Gasteiger partial charge in [-0.05, 0) is 31.5 Å². The van der Waals surface area contributed by atoms with Crippen molar-refractivity contribution in [2.45, 2.75) is 25.3 Å². The summed E-state index contributed by atoms with van der Waals surface area (Å²) < 4.78 is 9.90. The van der Waals surface area contributed by atoms with Gasteiger partial charge in [0.25, 0.3) is 5.88 Å². The maximum atomic E-state index is 12.3. The maximum Gasteiger partial charge on any atom is 0.360 e. The van der Waals surface area contributed by atoms with Gasteiger partial charge < -0.3 is 19.9 Å². The molecule has 2 heterocycles. The lowest BCUT2D eigenvalue weighted by Crippen LogP contribution is -2.29. The molecule has 1 aromatic carbocycles. The zero-order valence-corrected chi connectivity index (χ0v) is 14.3. The second kappa shape index (κ2) is 7.92. The minimum atomic E-state index is -0.823. The van der Waals surface area contributed by atoms with Crippen molar-refractivity contribution in [3.63, 3.8) is 0 Å². The van der Waals surface area contributed by atoms with Gasteiger partial charge in [0, 0.05) is 0 Å². The fourth-order valence-corrected chi connectivity index (χ4v) is 2.74. The maximum absolute atomic E-state index is 12.3. The van der Waals surface area contributed by atoms with Crippen molar-refractivity contribution in [3.05, 3.63) is 47.4 Å². The number of carbonyl (C=O) groups excluding carboxylic acids is 2. The van der Waals surface area contributed by atoms with Gasteiger partial charge in [0.05, 0.1) is 18.7 Å². The number of hydrogen-bond acceptors (Lipinski definition) is 8. The van der Waals surface area contributed by atoms with E-state index in [1.165, 1.54) is 7.11 Å². The number of aromatic nitrogens is 2. The fraction of sp³-hybridized carbons (Fsp3) is 0.333. The number of ether oxygens (including phenoxy) is 2. The Kier molecular flexibility index (Phi) is 5.43. The highest BCUT2D eigenvalue weighted by Crippen LogP contribution is 2.31. The number of rotatable bonds is 4. The molecule has 1 aliphatic rings. The van der Waals surface area contributed by atoms with E-state index in [0.717, 1.165) is 25.8 Å². The van der Waals surface area contributed by atoms with Crippen LogP contribution in [0, 0.1) is 0 Å². The molecule has 2 aromatic rings. The first kappa shape index (κ1) is 17.8. The summed E-state index contributed by atoms with van der Waals surface area (Å²) in [6, 6.07) is 8.02. The highest BCUT2D eigenvalue weighted by atomic mass is 16.6. The van der Waals surface area contributed by atoms with Gasteiger partial charge in [0.2, 0.25) is 5.75 Å². The summed E-state index contributed by atoms with van der Waals surface area (Å²) >= 11 is 0. The summed E-state index contributed by atoms with van der Waals surface area (Å²) in [6.45, 7) is 0.799. The number of nitrogens with one attached hydrogen (secondary N) is 1. The Bertz CT molecular complexity index is 804. The molecular weight excluding hydrogens is 338 g/mol. The lowest BCUT2D eigenvalue weighted by atomic mass is 10.0. The highest BCUT2D eigenvalue weighted by Gasteiger charge is 2.28. The fourth-order valence-electron chi connectivity index (χ4n) is 2.74. The van der Waals surface area contributed by atoms with E-state index in [9.17, 15) is 14.7 Å². The van der Waals surface area contributed by atoms with Crippen LogP contribution < -0.4 is 10.1 Å². The first-order valence-electron chi connectivity index (χ1n) is 8.30. The average molecular weight is 357 g/mol. The Balaban J connectivity index is 1.95. The second-order valence-electron chi connectivity index (χ2n) is 5.83. The van der Waals surface area contributed by atoms with Gasteiger partial charge in [-0.3, -0.25) is 0 Å². The molecule has 0 aliphatic carbocycles. The van der Waals surface area contributed by atoms with Crippen LogP contribution in [0.1, 0.15) is 52.0 Å². The molecule has 1 aliphatic heterocycles. The predicted molar refractivity (Wildman–Crippen MR) is 91.0 cm³/mol. The number of hydrogen-bond donors (Lipinski definition) is 2. The van der Waals surface area contributed by atoms with Crippen molar-refractivity contribution in [3.8, 4) is 11.6 Å². The van der Waals surface area contributed by atoms with Crippen molar-refractivity contribution >= 4 is 11.9 Å². The Morgan fingerprint density at radius 2 is 1.92 bits per heavy atom. The third kappa shape index (κ3) is 3.80. The van der Waals surface area contributed by atoms with Crippen molar-refractivity contribution in [1.29, 1.82) is 0 Å². The lowest BCUT2D eigenvalue weighted by molar-refractivity contribution is 0.0582. The third-order valence-corrected chi connectivity index (χ3v) is 4.07. The molecule has 0 bridgehead atoms. The molecule has 2 N–H and O–H groups in total. The van der Waals surface area contributed by atoms with Crippen LogP contribution in [-0.4, -0.2) is 40.7 Å². The smallest absolute Gasteiger partial charge is 0.360 e. The number of carbonyl (C=O) groups is 2. The topological polar surface area (TPSA) is 111 Å². The van der Waals surface area contributed by atoms with Crippen LogP contribution in [0.5, 0.6) is 11.6 Å². The van der Waals surface area contributed by atoms with Gasteiger partial charge in [-0.2, -0.15) is 4.98 Å².